The minimum atomic E-state index is -0.647. The van der Waals surface area contributed by atoms with Gasteiger partial charge in [-0.3, -0.25) is 9.59 Å². The molecule has 138 valence electrons. The van der Waals surface area contributed by atoms with Gasteiger partial charge in [-0.05, 0) is 12.1 Å². The Balaban J connectivity index is 1.84. The molecule has 0 aliphatic carbocycles. The Hall–Kier alpha value is -2.32. The number of hydrogen-bond donors (Lipinski definition) is 0. The van der Waals surface area contributed by atoms with Crippen molar-refractivity contribution in [3.63, 3.8) is 0 Å². The van der Waals surface area contributed by atoms with Gasteiger partial charge in [0, 0.05) is 0 Å². The molecule has 0 saturated heterocycles. The van der Waals surface area contributed by atoms with E-state index in [-0.39, 0.29) is 26.4 Å². The second-order valence-electron chi connectivity index (χ2n) is 4.99. The maximum absolute atomic E-state index is 11.4. The molecule has 0 aromatic heterocycles. The predicted octanol–water partition coefficient (Wildman–Crippen LogP) is 0.967. The zero-order chi connectivity index (χ0) is 17.7. The van der Waals surface area contributed by atoms with Gasteiger partial charge in [-0.15, -0.1) is 0 Å². The maximum atomic E-state index is 11.4. The minimum Gasteiger partial charge on any atom is -0.487 e. The molecule has 8 nitrogen and oxygen atoms in total. The maximum Gasteiger partial charge on any atom is 0.317 e. The first kappa shape index (κ1) is 19.0. The van der Waals surface area contributed by atoms with E-state index >= 15 is 0 Å². The van der Waals surface area contributed by atoms with Crippen LogP contribution >= 0.6 is 0 Å². The Bertz CT molecular complexity index is 498. The summed E-state index contributed by atoms with van der Waals surface area (Å²) in [7, 11) is 0. The first-order valence-electron chi connectivity index (χ1n) is 8.07. The van der Waals surface area contributed by atoms with E-state index in [0.717, 1.165) is 0 Å². The van der Waals surface area contributed by atoms with Crippen LogP contribution in [0.4, 0.5) is 0 Å². The number of benzene rings is 1. The quantitative estimate of drug-likeness (QED) is 0.503. The van der Waals surface area contributed by atoms with Crippen LogP contribution in [-0.2, 0) is 28.5 Å². The highest BCUT2D eigenvalue weighted by Gasteiger charge is 2.12. The average Bonchev–Trinajstić information content (AvgIpc) is 2.60. The summed E-state index contributed by atoms with van der Waals surface area (Å²) in [5, 5.41) is 0. The minimum absolute atomic E-state index is 0.0644. The van der Waals surface area contributed by atoms with E-state index in [1.807, 2.05) is 12.1 Å². The standard InChI is InChI=1S/C17H22O8/c18-16-13-17(19)25-12-8-21-6-10-23-15-4-2-1-3-14(15)22-9-5-20-7-11-24-16/h1-4H,5-13H2. The molecular formula is C17H22O8. The lowest BCUT2D eigenvalue weighted by Crippen LogP contribution is -2.18. The van der Waals surface area contributed by atoms with Gasteiger partial charge in [-0.25, -0.2) is 0 Å². The fraction of sp³-hybridized carbons (Fsp3) is 0.529. The van der Waals surface area contributed by atoms with Crippen molar-refractivity contribution in [1.29, 1.82) is 0 Å². The van der Waals surface area contributed by atoms with Crippen LogP contribution in [0.2, 0.25) is 0 Å². The van der Waals surface area contributed by atoms with Crippen LogP contribution < -0.4 is 9.47 Å². The number of carbonyl (C=O) groups excluding carboxylic acids is 2. The van der Waals surface area contributed by atoms with Crippen LogP contribution in [0.1, 0.15) is 6.42 Å². The molecule has 1 aliphatic heterocycles. The van der Waals surface area contributed by atoms with Gasteiger partial charge in [0.1, 0.15) is 32.8 Å². The molecule has 0 bridgehead atoms. The van der Waals surface area contributed by atoms with Gasteiger partial charge in [0.2, 0.25) is 0 Å². The lowest BCUT2D eigenvalue weighted by atomic mass is 10.3. The molecule has 2 rings (SSSR count). The molecular weight excluding hydrogens is 332 g/mol. The van der Waals surface area contributed by atoms with Crippen molar-refractivity contribution in [2.45, 2.75) is 6.42 Å². The summed E-state index contributed by atoms with van der Waals surface area (Å²) in [5.41, 5.74) is 0. The largest absolute Gasteiger partial charge is 0.487 e. The fourth-order valence-electron chi connectivity index (χ4n) is 1.96. The number of esters is 2. The van der Waals surface area contributed by atoms with Crippen LogP contribution in [0, 0.1) is 0 Å². The van der Waals surface area contributed by atoms with Gasteiger partial charge in [0.05, 0.1) is 26.4 Å². The highest BCUT2D eigenvalue weighted by atomic mass is 16.6. The second kappa shape index (κ2) is 11.3. The molecule has 1 aliphatic rings. The molecule has 8 heteroatoms. The third kappa shape index (κ3) is 7.86. The number of ether oxygens (including phenoxy) is 6. The van der Waals surface area contributed by atoms with E-state index in [2.05, 4.69) is 0 Å². The normalized spacial score (nSPS) is 18.9. The Kier molecular flexibility index (Phi) is 8.57. The Morgan fingerprint density at radius 1 is 0.560 bits per heavy atom. The summed E-state index contributed by atoms with van der Waals surface area (Å²) < 4.78 is 31.6. The van der Waals surface area contributed by atoms with Gasteiger partial charge in [0.15, 0.2) is 11.5 Å². The first-order chi connectivity index (χ1) is 12.3. The van der Waals surface area contributed by atoms with Crippen LogP contribution in [0.15, 0.2) is 24.3 Å². The molecule has 1 aromatic rings. The third-order valence-electron chi connectivity index (χ3n) is 3.09. The lowest BCUT2D eigenvalue weighted by molar-refractivity contribution is -0.156. The fourth-order valence-corrected chi connectivity index (χ4v) is 1.96. The average molecular weight is 354 g/mol. The Morgan fingerprint density at radius 2 is 0.960 bits per heavy atom. The molecule has 1 aromatic carbocycles. The van der Waals surface area contributed by atoms with Gasteiger partial charge >= 0.3 is 11.9 Å². The SMILES string of the molecule is O=C1CC(=O)OCCOCCOc2ccccc2OCCOCCO1. The van der Waals surface area contributed by atoms with Crippen molar-refractivity contribution in [3.05, 3.63) is 24.3 Å². The summed E-state index contributed by atoms with van der Waals surface area (Å²) in [6.07, 6.45) is -0.429. The molecule has 0 fully saturated rings. The van der Waals surface area contributed by atoms with Crippen LogP contribution in [0.5, 0.6) is 11.5 Å². The third-order valence-corrected chi connectivity index (χ3v) is 3.09. The summed E-state index contributed by atoms with van der Waals surface area (Å²) >= 11 is 0. The zero-order valence-electron chi connectivity index (χ0n) is 13.9. The van der Waals surface area contributed by atoms with Crippen molar-refractivity contribution < 1.29 is 38.0 Å². The van der Waals surface area contributed by atoms with Crippen molar-refractivity contribution in [2.75, 3.05) is 52.9 Å². The summed E-state index contributed by atoms with van der Waals surface area (Å²) in [6.45, 7) is 1.89. The molecule has 0 spiro atoms. The second-order valence-corrected chi connectivity index (χ2v) is 4.99. The van der Waals surface area contributed by atoms with Crippen LogP contribution in [0.3, 0.4) is 0 Å². The summed E-state index contributed by atoms with van der Waals surface area (Å²) in [6, 6.07) is 7.31. The van der Waals surface area contributed by atoms with Gasteiger partial charge in [0.25, 0.3) is 0 Å². The molecule has 0 atom stereocenters. The van der Waals surface area contributed by atoms with Crippen molar-refractivity contribution in [3.8, 4) is 11.5 Å². The van der Waals surface area contributed by atoms with Crippen molar-refractivity contribution in [1.82, 2.24) is 0 Å². The van der Waals surface area contributed by atoms with E-state index < -0.39 is 18.4 Å². The highest BCUT2D eigenvalue weighted by molar-refractivity contribution is 5.91. The molecule has 0 unspecified atom stereocenters. The van der Waals surface area contributed by atoms with E-state index in [1.54, 1.807) is 12.1 Å². The monoisotopic (exact) mass is 354 g/mol. The lowest BCUT2D eigenvalue weighted by Gasteiger charge is -2.13. The number of hydrogen-bond acceptors (Lipinski definition) is 8. The van der Waals surface area contributed by atoms with Crippen LogP contribution in [-0.4, -0.2) is 64.8 Å². The molecule has 0 radical (unpaired) electrons. The molecule has 0 N–H and O–H groups in total. The Morgan fingerprint density at radius 3 is 1.40 bits per heavy atom. The van der Waals surface area contributed by atoms with Gasteiger partial charge < -0.3 is 28.4 Å². The van der Waals surface area contributed by atoms with Crippen molar-refractivity contribution >= 4 is 11.9 Å². The Labute approximate surface area is 145 Å². The van der Waals surface area contributed by atoms with E-state index in [9.17, 15) is 9.59 Å². The highest BCUT2D eigenvalue weighted by Crippen LogP contribution is 2.26. The van der Waals surface area contributed by atoms with E-state index in [1.165, 1.54) is 0 Å². The molecule has 0 amide bonds. The number of fused-ring (bicyclic) bond motifs is 1. The van der Waals surface area contributed by atoms with E-state index in [4.69, 9.17) is 28.4 Å². The predicted molar refractivity (Wildman–Crippen MR) is 85.6 cm³/mol. The number of rotatable bonds is 0. The van der Waals surface area contributed by atoms with Gasteiger partial charge in [-0.1, -0.05) is 12.1 Å². The van der Waals surface area contributed by atoms with Crippen LogP contribution in [0.25, 0.3) is 0 Å². The number of cyclic esters (lactones) is 2. The first-order valence-corrected chi connectivity index (χ1v) is 8.07. The summed E-state index contributed by atoms with van der Waals surface area (Å²) in [4.78, 5) is 22.8. The summed E-state index contributed by atoms with van der Waals surface area (Å²) in [5.74, 6) is -0.0641. The smallest absolute Gasteiger partial charge is 0.317 e. The van der Waals surface area contributed by atoms with Crippen molar-refractivity contribution in [2.24, 2.45) is 0 Å². The zero-order valence-corrected chi connectivity index (χ0v) is 13.9. The van der Waals surface area contributed by atoms with Gasteiger partial charge in [-0.2, -0.15) is 0 Å². The molecule has 1 heterocycles. The van der Waals surface area contributed by atoms with E-state index in [0.29, 0.717) is 37.9 Å². The topological polar surface area (TPSA) is 89.5 Å². The number of carbonyl (C=O) groups is 2. The molecule has 25 heavy (non-hydrogen) atoms. The number of para-hydroxylation sites is 2. The molecule has 0 saturated carbocycles.